The number of nitrogens with zero attached hydrogens (tertiary/aromatic N) is 3. The van der Waals surface area contributed by atoms with E-state index >= 15 is 0 Å². The van der Waals surface area contributed by atoms with Gasteiger partial charge in [0.2, 0.25) is 0 Å². The molecule has 3 aromatic rings. The van der Waals surface area contributed by atoms with Gasteiger partial charge >= 0.3 is 6.09 Å². The van der Waals surface area contributed by atoms with Crippen molar-refractivity contribution in [3.63, 3.8) is 0 Å². The largest absolute Gasteiger partial charge is 0.444 e. The Hall–Kier alpha value is -3.86. The molecule has 2 aromatic heterocycles. The zero-order valence-corrected chi connectivity index (χ0v) is 23.0. The molecule has 2 unspecified atom stereocenters. The molecule has 1 aromatic carbocycles. The van der Waals surface area contributed by atoms with Crippen LogP contribution in [-0.4, -0.2) is 45.9 Å². The molecule has 1 aliphatic heterocycles. The Bertz CT molecular complexity index is 1340. The van der Waals surface area contributed by atoms with Crippen LogP contribution in [0.2, 0.25) is 0 Å². The van der Waals surface area contributed by atoms with E-state index in [0.717, 1.165) is 36.9 Å². The van der Waals surface area contributed by atoms with Gasteiger partial charge in [-0.2, -0.15) is 0 Å². The molecule has 3 heterocycles. The molecule has 1 amide bonds. The summed E-state index contributed by atoms with van der Waals surface area (Å²) < 4.78 is 49.2. The number of benzene rings is 1. The van der Waals surface area contributed by atoms with Crippen molar-refractivity contribution in [3.05, 3.63) is 71.4 Å². The Morgan fingerprint density at radius 3 is 2.52 bits per heavy atom. The molecular formula is C29H34F3N5O3. The fourth-order valence-corrected chi connectivity index (χ4v) is 4.81. The van der Waals surface area contributed by atoms with Crippen LogP contribution >= 0.6 is 0 Å². The van der Waals surface area contributed by atoms with Gasteiger partial charge in [-0.25, -0.2) is 22.9 Å². The van der Waals surface area contributed by atoms with E-state index in [0.29, 0.717) is 17.9 Å². The molecule has 214 valence electrons. The number of amides is 1. The van der Waals surface area contributed by atoms with E-state index in [-0.39, 0.29) is 24.1 Å². The van der Waals surface area contributed by atoms with Gasteiger partial charge in [0.15, 0.2) is 0 Å². The summed E-state index contributed by atoms with van der Waals surface area (Å²) in [6.07, 6.45) is 3.67. The number of ether oxygens (including phenoxy) is 1. The van der Waals surface area contributed by atoms with Crippen LogP contribution in [0, 0.1) is 23.4 Å². The number of rotatable bonds is 7. The third-order valence-corrected chi connectivity index (χ3v) is 6.40. The highest BCUT2D eigenvalue weighted by atomic mass is 19.1. The first-order chi connectivity index (χ1) is 18.9. The molecule has 0 radical (unpaired) electrons. The number of nitrogens with one attached hydrogen (secondary N) is 2. The third-order valence-electron chi connectivity index (χ3n) is 6.40. The van der Waals surface area contributed by atoms with Crippen molar-refractivity contribution in [2.75, 3.05) is 23.3 Å². The van der Waals surface area contributed by atoms with Crippen LogP contribution in [0.4, 0.5) is 29.3 Å². The first-order valence-corrected chi connectivity index (χ1v) is 13.1. The minimum atomic E-state index is -1.01. The summed E-state index contributed by atoms with van der Waals surface area (Å²) in [7, 11) is 0. The zero-order valence-electron chi connectivity index (χ0n) is 23.0. The lowest BCUT2D eigenvalue weighted by molar-refractivity contribution is 0.0495. The zero-order chi connectivity index (χ0) is 29.0. The summed E-state index contributed by atoms with van der Waals surface area (Å²) >= 11 is 0. The van der Waals surface area contributed by atoms with E-state index in [2.05, 4.69) is 32.4 Å². The predicted octanol–water partition coefficient (Wildman–Crippen LogP) is 5.40. The van der Waals surface area contributed by atoms with Gasteiger partial charge in [-0.3, -0.25) is 4.98 Å². The molecule has 1 fully saturated rings. The second-order valence-corrected chi connectivity index (χ2v) is 11.1. The van der Waals surface area contributed by atoms with Gasteiger partial charge in [0.25, 0.3) is 0 Å². The van der Waals surface area contributed by atoms with Crippen molar-refractivity contribution in [2.45, 2.75) is 58.9 Å². The predicted molar refractivity (Wildman–Crippen MR) is 146 cm³/mol. The summed E-state index contributed by atoms with van der Waals surface area (Å²) in [6, 6.07) is 6.20. The smallest absolute Gasteiger partial charge is 0.407 e. The highest BCUT2D eigenvalue weighted by molar-refractivity contribution is 5.71. The second kappa shape index (κ2) is 12.1. The maximum Gasteiger partial charge on any atom is 0.407 e. The van der Waals surface area contributed by atoms with E-state index in [4.69, 9.17) is 4.74 Å². The Morgan fingerprint density at radius 2 is 1.85 bits per heavy atom. The number of halogens is 3. The topological polar surface area (TPSA) is 99.6 Å². The molecular weight excluding hydrogens is 523 g/mol. The molecule has 40 heavy (non-hydrogen) atoms. The first-order valence-electron chi connectivity index (χ1n) is 13.1. The minimum Gasteiger partial charge on any atom is -0.444 e. The first kappa shape index (κ1) is 29.1. The van der Waals surface area contributed by atoms with Crippen molar-refractivity contribution in [1.29, 1.82) is 0 Å². The summed E-state index contributed by atoms with van der Waals surface area (Å²) in [5, 5.41) is 15.4. The van der Waals surface area contributed by atoms with Crippen molar-refractivity contribution in [2.24, 2.45) is 5.92 Å². The van der Waals surface area contributed by atoms with Crippen LogP contribution < -0.4 is 15.5 Å². The fourth-order valence-electron chi connectivity index (χ4n) is 4.81. The lowest BCUT2D eigenvalue weighted by Crippen LogP contribution is -2.51. The second-order valence-electron chi connectivity index (χ2n) is 11.1. The van der Waals surface area contributed by atoms with Crippen LogP contribution in [0.1, 0.15) is 45.4 Å². The highest BCUT2D eigenvalue weighted by Crippen LogP contribution is 2.31. The van der Waals surface area contributed by atoms with E-state index in [1.807, 2.05) is 26.8 Å². The highest BCUT2D eigenvalue weighted by Gasteiger charge is 2.29. The van der Waals surface area contributed by atoms with Crippen molar-refractivity contribution in [1.82, 2.24) is 15.3 Å². The maximum absolute atomic E-state index is 14.6. The van der Waals surface area contributed by atoms with Gasteiger partial charge < -0.3 is 25.4 Å². The SMILES string of the molecule is CC1CC(NC(=O)OC(C)(C)C)CN(c2ccncc2NCc2ccc(F)c(-c3c(F)cc(CO)cc3F)n2)C1. The summed E-state index contributed by atoms with van der Waals surface area (Å²) in [5.41, 5.74) is 0.294. The maximum atomic E-state index is 14.6. The van der Waals surface area contributed by atoms with Crippen LogP contribution in [0.25, 0.3) is 11.3 Å². The average molecular weight is 558 g/mol. The third kappa shape index (κ3) is 7.20. The van der Waals surface area contributed by atoms with Gasteiger partial charge in [0.1, 0.15) is 28.7 Å². The monoisotopic (exact) mass is 557 g/mol. The molecule has 1 saturated heterocycles. The molecule has 8 nitrogen and oxygen atoms in total. The van der Waals surface area contributed by atoms with Crippen molar-refractivity contribution < 1.29 is 27.8 Å². The van der Waals surface area contributed by atoms with Gasteiger partial charge in [0.05, 0.1) is 42.0 Å². The fraction of sp³-hybridized carbons (Fsp3) is 0.414. The molecule has 0 saturated carbocycles. The molecule has 11 heteroatoms. The molecule has 4 rings (SSSR count). The van der Waals surface area contributed by atoms with Crippen LogP contribution in [-0.2, 0) is 17.9 Å². The minimum absolute atomic E-state index is 0.0386. The molecule has 0 aliphatic carbocycles. The lowest BCUT2D eigenvalue weighted by atomic mass is 9.95. The number of piperidine rings is 1. The summed E-state index contributed by atoms with van der Waals surface area (Å²) in [4.78, 5) is 22.9. The van der Waals surface area contributed by atoms with Crippen LogP contribution in [0.15, 0.2) is 42.7 Å². The van der Waals surface area contributed by atoms with Gasteiger partial charge in [-0.05, 0) is 69.0 Å². The van der Waals surface area contributed by atoms with Gasteiger partial charge in [-0.15, -0.1) is 0 Å². The van der Waals surface area contributed by atoms with Gasteiger partial charge in [0, 0.05) is 25.3 Å². The lowest BCUT2D eigenvalue weighted by Gasteiger charge is -2.39. The molecule has 0 bridgehead atoms. The van der Waals surface area contributed by atoms with E-state index in [1.165, 1.54) is 6.07 Å². The Kier molecular flexibility index (Phi) is 8.82. The van der Waals surface area contributed by atoms with Crippen molar-refractivity contribution >= 4 is 17.5 Å². The van der Waals surface area contributed by atoms with Crippen molar-refractivity contribution in [3.8, 4) is 11.3 Å². The number of hydrogen-bond donors (Lipinski definition) is 3. The standard InChI is InChI=1S/C29H34F3N5O3/c1-17-9-20(36-28(39)40-29(2,3)4)15-37(14-17)25-7-8-33-13-24(25)34-12-19-5-6-21(30)27(35-19)26-22(31)10-18(16-38)11-23(26)32/h5-8,10-11,13,17,20,34,38H,9,12,14-16H2,1-4H3,(H,36,39). The van der Waals surface area contributed by atoms with E-state index in [9.17, 15) is 23.1 Å². The van der Waals surface area contributed by atoms with Crippen LogP contribution in [0.3, 0.4) is 0 Å². The molecule has 2 atom stereocenters. The number of alkyl carbamates (subject to hydrolysis) is 1. The average Bonchev–Trinajstić information content (AvgIpc) is 2.87. The number of anilines is 2. The Labute approximate surface area is 231 Å². The normalized spacial score (nSPS) is 17.4. The number of aromatic nitrogens is 2. The summed E-state index contributed by atoms with van der Waals surface area (Å²) in [5.74, 6) is -2.60. The van der Waals surface area contributed by atoms with Crippen LogP contribution in [0.5, 0.6) is 0 Å². The molecule has 1 aliphatic rings. The quantitative estimate of drug-likeness (QED) is 0.358. The number of aliphatic hydroxyl groups is 1. The number of carbonyl (C=O) groups is 1. The Morgan fingerprint density at radius 1 is 1.12 bits per heavy atom. The number of aliphatic hydroxyl groups excluding tert-OH is 1. The number of carbonyl (C=O) groups excluding carboxylic acids is 1. The summed E-state index contributed by atoms with van der Waals surface area (Å²) in [6.45, 7) is 8.46. The number of hydrogen-bond acceptors (Lipinski definition) is 7. The van der Waals surface area contributed by atoms with E-state index < -0.39 is 47.0 Å². The molecule has 3 N–H and O–H groups in total. The Balaban J connectivity index is 1.51. The van der Waals surface area contributed by atoms with Gasteiger partial charge in [-0.1, -0.05) is 6.92 Å². The molecule has 0 spiro atoms. The number of pyridine rings is 2. The van der Waals surface area contributed by atoms with E-state index in [1.54, 1.807) is 12.4 Å².